The molecule has 4 N–H and O–H groups in total. The number of carbonyl (C=O) groups excluding carboxylic acids is 1. The number of nitrogens with two attached hydrogens (primary N) is 1. The standard InChI is InChI=1S/C11H13Cl2N3O3S/c12-8-3-6(14)4-9(13)11(8)20(18,19)15-5-10(17)16-7-1-2-7/h3-4,7,15H,1-2,5,14H2,(H,16,17). The Morgan fingerprint density at radius 3 is 2.35 bits per heavy atom. The van der Waals surface area contributed by atoms with Gasteiger partial charge in [0.1, 0.15) is 4.90 Å². The van der Waals surface area contributed by atoms with Crippen molar-refractivity contribution in [2.75, 3.05) is 12.3 Å². The topological polar surface area (TPSA) is 101 Å². The summed E-state index contributed by atoms with van der Waals surface area (Å²) < 4.78 is 26.3. The number of hydrogen-bond acceptors (Lipinski definition) is 4. The molecule has 110 valence electrons. The molecule has 0 heterocycles. The number of sulfonamides is 1. The first-order valence-electron chi connectivity index (χ1n) is 5.83. The Morgan fingerprint density at radius 1 is 1.30 bits per heavy atom. The first-order chi connectivity index (χ1) is 9.29. The molecule has 0 unspecified atom stereocenters. The summed E-state index contributed by atoms with van der Waals surface area (Å²) in [6, 6.07) is 2.73. The maximum absolute atomic E-state index is 12.1. The third-order valence-electron chi connectivity index (χ3n) is 2.65. The molecule has 1 amide bonds. The molecule has 9 heteroatoms. The number of amides is 1. The second-order valence-corrected chi connectivity index (χ2v) is 7.00. The SMILES string of the molecule is Nc1cc(Cl)c(S(=O)(=O)NCC(=O)NC2CC2)c(Cl)c1. The predicted octanol–water partition coefficient (Wildman–Crippen LogP) is 1.13. The smallest absolute Gasteiger partial charge is 0.244 e. The lowest BCUT2D eigenvalue weighted by molar-refractivity contribution is -0.120. The van der Waals surface area contributed by atoms with Crippen molar-refractivity contribution in [1.29, 1.82) is 0 Å². The number of rotatable bonds is 5. The van der Waals surface area contributed by atoms with Gasteiger partial charge in [-0.1, -0.05) is 23.2 Å². The molecule has 0 radical (unpaired) electrons. The van der Waals surface area contributed by atoms with E-state index in [2.05, 4.69) is 10.0 Å². The van der Waals surface area contributed by atoms with Gasteiger partial charge in [0.15, 0.2) is 0 Å². The van der Waals surface area contributed by atoms with Crippen molar-refractivity contribution in [3.63, 3.8) is 0 Å². The van der Waals surface area contributed by atoms with Crippen molar-refractivity contribution in [1.82, 2.24) is 10.0 Å². The van der Waals surface area contributed by atoms with Crippen LogP contribution < -0.4 is 15.8 Å². The molecule has 0 atom stereocenters. The monoisotopic (exact) mass is 337 g/mol. The van der Waals surface area contributed by atoms with Crippen LogP contribution in [0.5, 0.6) is 0 Å². The van der Waals surface area contributed by atoms with Crippen LogP contribution >= 0.6 is 23.2 Å². The van der Waals surface area contributed by atoms with E-state index in [9.17, 15) is 13.2 Å². The molecule has 1 aromatic carbocycles. The van der Waals surface area contributed by atoms with Crippen LogP contribution in [0.4, 0.5) is 5.69 Å². The summed E-state index contributed by atoms with van der Waals surface area (Å²) in [6.45, 7) is -0.365. The number of anilines is 1. The normalized spacial score (nSPS) is 15.1. The molecule has 20 heavy (non-hydrogen) atoms. The minimum Gasteiger partial charge on any atom is -0.399 e. The van der Waals surface area contributed by atoms with Gasteiger partial charge in [-0.15, -0.1) is 0 Å². The number of halogens is 2. The summed E-state index contributed by atoms with van der Waals surface area (Å²) in [5.74, 6) is -0.390. The zero-order valence-electron chi connectivity index (χ0n) is 10.3. The third-order valence-corrected chi connectivity index (χ3v) is 4.98. The van der Waals surface area contributed by atoms with Crippen LogP contribution in [0, 0.1) is 0 Å². The van der Waals surface area contributed by atoms with Gasteiger partial charge in [0, 0.05) is 11.7 Å². The summed E-state index contributed by atoms with van der Waals surface area (Å²) >= 11 is 11.7. The highest BCUT2D eigenvalue weighted by Crippen LogP contribution is 2.31. The quantitative estimate of drug-likeness (QED) is 0.701. The molecule has 1 aromatic rings. The lowest BCUT2D eigenvalue weighted by Gasteiger charge is -2.10. The van der Waals surface area contributed by atoms with Gasteiger partial charge in [0.25, 0.3) is 0 Å². The van der Waals surface area contributed by atoms with Gasteiger partial charge >= 0.3 is 0 Å². The molecular formula is C11H13Cl2N3O3S. The summed E-state index contributed by atoms with van der Waals surface area (Å²) in [5, 5.41) is 2.48. The van der Waals surface area contributed by atoms with Crippen LogP contribution in [-0.4, -0.2) is 26.9 Å². The van der Waals surface area contributed by atoms with E-state index in [-0.39, 0.29) is 33.2 Å². The van der Waals surface area contributed by atoms with Crippen LogP contribution in [0.1, 0.15) is 12.8 Å². The average Bonchev–Trinajstić information content (AvgIpc) is 3.08. The maximum Gasteiger partial charge on any atom is 0.244 e. The van der Waals surface area contributed by atoms with Gasteiger partial charge in [0.2, 0.25) is 15.9 Å². The summed E-state index contributed by atoms with van der Waals surface area (Å²) in [6.07, 6.45) is 1.85. The van der Waals surface area contributed by atoms with Crippen molar-refractivity contribution in [2.45, 2.75) is 23.8 Å². The Balaban J connectivity index is 2.11. The van der Waals surface area contributed by atoms with E-state index in [1.807, 2.05) is 0 Å². The highest BCUT2D eigenvalue weighted by atomic mass is 35.5. The molecule has 0 aromatic heterocycles. The molecule has 0 bridgehead atoms. The van der Waals surface area contributed by atoms with E-state index >= 15 is 0 Å². The van der Waals surface area contributed by atoms with E-state index in [0.717, 1.165) is 12.8 Å². The van der Waals surface area contributed by atoms with Crippen molar-refractivity contribution in [2.24, 2.45) is 0 Å². The van der Waals surface area contributed by atoms with Crippen molar-refractivity contribution >= 4 is 44.8 Å². The van der Waals surface area contributed by atoms with E-state index in [0.29, 0.717) is 0 Å². The lowest BCUT2D eigenvalue weighted by atomic mass is 10.3. The molecule has 1 aliphatic rings. The summed E-state index contributed by atoms with van der Waals surface area (Å²) in [4.78, 5) is 11.2. The number of carbonyl (C=O) groups is 1. The summed E-state index contributed by atoms with van der Waals surface area (Å²) in [5.41, 5.74) is 5.76. The zero-order valence-corrected chi connectivity index (χ0v) is 12.6. The third kappa shape index (κ3) is 3.76. The molecule has 1 fully saturated rings. The fraction of sp³-hybridized carbons (Fsp3) is 0.364. The van der Waals surface area contributed by atoms with Gasteiger partial charge in [-0.2, -0.15) is 0 Å². The Morgan fingerprint density at radius 2 is 1.85 bits per heavy atom. The molecule has 0 saturated heterocycles. The highest BCUT2D eigenvalue weighted by molar-refractivity contribution is 7.89. The first kappa shape index (κ1) is 15.4. The van der Waals surface area contributed by atoms with E-state index in [4.69, 9.17) is 28.9 Å². The van der Waals surface area contributed by atoms with Gasteiger partial charge < -0.3 is 11.1 Å². The van der Waals surface area contributed by atoms with Gasteiger partial charge in [-0.05, 0) is 25.0 Å². The zero-order chi connectivity index (χ0) is 14.9. The lowest BCUT2D eigenvalue weighted by Crippen LogP contribution is -2.38. The minimum absolute atomic E-state index is 0.0925. The Bertz CT molecular complexity index is 621. The van der Waals surface area contributed by atoms with Crippen molar-refractivity contribution in [3.05, 3.63) is 22.2 Å². The molecule has 0 spiro atoms. The highest BCUT2D eigenvalue weighted by Gasteiger charge is 2.26. The van der Waals surface area contributed by atoms with Crippen molar-refractivity contribution < 1.29 is 13.2 Å². The number of nitrogen functional groups attached to an aromatic ring is 1. The fourth-order valence-electron chi connectivity index (χ4n) is 1.58. The Labute approximate surface area is 126 Å². The van der Waals surface area contributed by atoms with Crippen LogP contribution in [-0.2, 0) is 14.8 Å². The second kappa shape index (κ2) is 5.77. The van der Waals surface area contributed by atoms with E-state index < -0.39 is 15.9 Å². The molecule has 6 nitrogen and oxygen atoms in total. The molecular weight excluding hydrogens is 325 g/mol. The Kier molecular flexibility index (Phi) is 4.43. The molecule has 0 aliphatic heterocycles. The second-order valence-electron chi connectivity index (χ2n) is 4.48. The van der Waals surface area contributed by atoms with Gasteiger partial charge in [0.05, 0.1) is 16.6 Å². The largest absolute Gasteiger partial charge is 0.399 e. The van der Waals surface area contributed by atoms with Crippen LogP contribution in [0.3, 0.4) is 0 Å². The molecule has 1 saturated carbocycles. The minimum atomic E-state index is -3.98. The Hall–Kier alpha value is -1.02. The van der Waals surface area contributed by atoms with E-state index in [1.54, 1.807) is 0 Å². The summed E-state index contributed by atoms with van der Waals surface area (Å²) in [7, 11) is -3.98. The van der Waals surface area contributed by atoms with Crippen LogP contribution in [0.2, 0.25) is 10.0 Å². The number of hydrogen-bond donors (Lipinski definition) is 3. The molecule has 2 rings (SSSR count). The number of benzene rings is 1. The predicted molar refractivity (Wildman–Crippen MR) is 77.2 cm³/mol. The first-order valence-corrected chi connectivity index (χ1v) is 8.07. The average molecular weight is 338 g/mol. The van der Waals surface area contributed by atoms with Crippen LogP contribution in [0.15, 0.2) is 17.0 Å². The van der Waals surface area contributed by atoms with Gasteiger partial charge in [-0.3, -0.25) is 4.79 Å². The van der Waals surface area contributed by atoms with Gasteiger partial charge in [-0.25, -0.2) is 13.1 Å². The number of nitrogens with one attached hydrogen (secondary N) is 2. The van der Waals surface area contributed by atoms with Crippen molar-refractivity contribution in [3.8, 4) is 0 Å². The molecule has 1 aliphatic carbocycles. The van der Waals surface area contributed by atoms with E-state index in [1.165, 1.54) is 12.1 Å². The van der Waals surface area contributed by atoms with Crippen LogP contribution in [0.25, 0.3) is 0 Å². The fourth-order valence-corrected chi connectivity index (χ4v) is 3.79. The maximum atomic E-state index is 12.1.